The molecule has 1 spiro atoms. The first-order valence-electron chi connectivity index (χ1n) is 8.51. The number of piperidine rings is 1. The number of likely N-dealkylation sites (tertiary alicyclic amines) is 2. The second-order valence-corrected chi connectivity index (χ2v) is 6.21. The van der Waals surface area contributed by atoms with E-state index in [0.29, 0.717) is 11.3 Å². The summed E-state index contributed by atoms with van der Waals surface area (Å²) >= 11 is 0. The van der Waals surface area contributed by atoms with Gasteiger partial charge in [0.2, 0.25) is 5.91 Å². The van der Waals surface area contributed by atoms with Crippen LogP contribution in [0.3, 0.4) is 0 Å². The molecule has 1 amide bonds. The highest BCUT2D eigenvalue weighted by Crippen LogP contribution is 2.40. The van der Waals surface area contributed by atoms with Crippen molar-refractivity contribution >= 4 is 5.91 Å². The van der Waals surface area contributed by atoms with Gasteiger partial charge in [-0.05, 0) is 39.3 Å². The molecule has 0 saturated carbocycles. The molecule has 21 heavy (non-hydrogen) atoms. The summed E-state index contributed by atoms with van der Waals surface area (Å²) in [5.41, 5.74) is 0.430. The van der Waals surface area contributed by atoms with Gasteiger partial charge in [0.25, 0.3) is 0 Å². The average molecular weight is 292 g/mol. The Bertz CT molecular complexity index is 378. The lowest BCUT2D eigenvalue weighted by Gasteiger charge is -2.54. The van der Waals surface area contributed by atoms with Gasteiger partial charge in [0.1, 0.15) is 0 Å². The number of carbonyl (C=O) groups excluding carboxylic acids is 1. The zero-order chi connectivity index (χ0) is 15.9. The molecule has 3 heteroatoms. The predicted octanol–water partition coefficient (Wildman–Crippen LogP) is 3.01. The molecule has 2 saturated heterocycles. The summed E-state index contributed by atoms with van der Waals surface area (Å²) < 4.78 is 0. The van der Waals surface area contributed by atoms with E-state index in [9.17, 15) is 4.79 Å². The molecule has 2 aliphatic heterocycles. The third-order valence-corrected chi connectivity index (χ3v) is 4.79. The second-order valence-electron chi connectivity index (χ2n) is 6.21. The molecule has 0 aromatic rings. The van der Waals surface area contributed by atoms with Crippen molar-refractivity contribution in [1.29, 1.82) is 0 Å². The van der Waals surface area contributed by atoms with Gasteiger partial charge in [-0.2, -0.15) is 0 Å². The Balaban J connectivity index is 0.00000106. The Labute approximate surface area is 131 Å². The number of carbonyl (C=O) groups is 1. The van der Waals surface area contributed by atoms with Crippen molar-refractivity contribution in [3.63, 3.8) is 0 Å². The maximum absolute atomic E-state index is 12.1. The van der Waals surface area contributed by atoms with Crippen molar-refractivity contribution in [2.24, 2.45) is 11.3 Å². The first-order chi connectivity index (χ1) is 10.1. The van der Waals surface area contributed by atoms with E-state index in [-0.39, 0.29) is 5.92 Å². The van der Waals surface area contributed by atoms with Gasteiger partial charge in [-0.25, -0.2) is 0 Å². The Morgan fingerprint density at radius 2 is 1.81 bits per heavy atom. The maximum atomic E-state index is 12.1. The lowest BCUT2D eigenvalue weighted by atomic mass is 9.71. The van der Waals surface area contributed by atoms with Gasteiger partial charge >= 0.3 is 0 Å². The average Bonchev–Trinajstić information content (AvgIpc) is 2.51. The molecule has 2 rings (SSSR count). The molecule has 0 aromatic heterocycles. The van der Waals surface area contributed by atoms with Crippen LogP contribution in [0.2, 0.25) is 0 Å². The minimum Gasteiger partial charge on any atom is -0.341 e. The van der Waals surface area contributed by atoms with Crippen molar-refractivity contribution in [3.8, 4) is 11.8 Å². The third kappa shape index (κ3) is 4.48. The van der Waals surface area contributed by atoms with Gasteiger partial charge in [0.05, 0.1) is 6.54 Å². The third-order valence-electron chi connectivity index (χ3n) is 4.79. The Morgan fingerprint density at radius 3 is 2.29 bits per heavy atom. The first kappa shape index (κ1) is 18.0. The SMILES string of the molecule is CC.CC#CCN1CCC2(CC1)CN(C(=O)C(C)CC)C2. The Hall–Kier alpha value is -1.01. The molecule has 120 valence electrons. The largest absolute Gasteiger partial charge is 0.341 e. The van der Waals surface area contributed by atoms with Crippen LogP contribution >= 0.6 is 0 Å². The van der Waals surface area contributed by atoms with Crippen molar-refractivity contribution in [3.05, 3.63) is 0 Å². The fraction of sp³-hybridized carbons (Fsp3) is 0.833. The van der Waals surface area contributed by atoms with Crippen LogP contribution in [0, 0.1) is 23.2 Å². The van der Waals surface area contributed by atoms with Crippen molar-refractivity contribution in [2.75, 3.05) is 32.7 Å². The summed E-state index contributed by atoms with van der Waals surface area (Å²) in [5.74, 6) is 6.65. The van der Waals surface area contributed by atoms with Crippen LogP contribution < -0.4 is 0 Å². The topological polar surface area (TPSA) is 23.6 Å². The van der Waals surface area contributed by atoms with E-state index in [0.717, 1.165) is 39.1 Å². The molecule has 2 heterocycles. The van der Waals surface area contributed by atoms with Crippen LogP contribution in [0.4, 0.5) is 0 Å². The maximum Gasteiger partial charge on any atom is 0.225 e. The number of hydrogen-bond donors (Lipinski definition) is 0. The molecule has 0 N–H and O–H groups in total. The number of rotatable bonds is 3. The fourth-order valence-corrected chi connectivity index (χ4v) is 3.10. The van der Waals surface area contributed by atoms with E-state index >= 15 is 0 Å². The van der Waals surface area contributed by atoms with Crippen LogP contribution in [0.25, 0.3) is 0 Å². The zero-order valence-electron chi connectivity index (χ0n) is 14.5. The molecular formula is C18H32N2O. The first-order valence-corrected chi connectivity index (χ1v) is 8.51. The van der Waals surface area contributed by atoms with Crippen LogP contribution in [0.5, 0.6) is 0 Å². The summed E-state index contributed by atoms with van der Waals surface area (Å²) in [6, 6.07) is 0. The van der Waals surface area contributed by atoms with E-state index < -0.39 is 0 Å². The zero-order valence-corrected chi connectivity index (χ0v) is 14.5. The van der Waals surface area contributed by atoms with E-state index in [4.69, 9.17) is 0 Å². The number of hydrogen-bond acceptors (Lipinski definition) is 2. The molecule has 1 unspecified atom stereocenters. The quantitative estimate of drug-likeness (QED) is 0.747. The highest BCUT2D eigenvalue weighted by Gasteiger charge is 2.46. The standard InChI is InChI=1S/C16H26N2O.C2H6/c1-4-6-9-17-10-7-16(8-11-17)12-18(13-16)15(19)14(3)5-2;1-2/h14H,5,7-13H2,1-3H3;1-2H3. The molecule has 1 atom stereocenters. The van der Waals surface area contributed by atoms with Gasteiger partial charge in [0, 0.05) is 24.4 Å². The summed E-state index contributed by atoms with van der Waals surface area (Å²) in [6.45, 7) is 15.2. The smallest absolute Gasteiger partial charge is 0.225 e. The van der Waals surface area contributed by atoms with Gasteiger partial charge in [-0.15, -0.1) is 5.92 Å². The van der Waals surface area contributed by atoms with Crippen LogP contribution in [0.15, 0.2) is 0 Å². The highest BCUT2D eigenvalue weighted by molar-refractivity contribution is 5.79. The molecule has 0 aromatic carbocycles. The lowest BCUT2D eigenvalue weighted by Crippen LogP contribution is -2.62. The summed E-state index contributed by atoms with van der Waals surface area (Å²) in [6.07, 6.45) is 3.40. The molecule has 2 fully saturated rings. The number of amides is 1. The minimum atomic E-state index is 0.192. The van der Waals surface area contributed by atoms with E-state index in [2.05, 4.69) is 28.6 Å². The fourth-order valence-electron chi connectivity index (χ4n) is 3.10. The van der Waals surface area contributed by atoms with Gasteiger partial charge in [-0.3, -0.25) is 9.69 Å². The second kappa shape index (κ2) is 8.44. The summed E-state index contributed by atoms with van der Waals surface area (Å²) in [5, 5.41) is 0. The molecule has 0 bridgehead atoms. The molecular weight excluding hydrogens is 260 g/mol. The van der Waals surface area contributed by atoms with Crippen molar-refractivity contribution < 1.29 is 4.79 Å². The van der Waals surface area contributed by atoms with Gasteiger partial charge in [-0.1, -0.05) is 33.6 Å². The van der Waals surface area contributed by atoms with Crippen molar-refractivity contribution in [2.45, 2.75) is 53.9 Å². The van der Waals surface area contributed by atoms with Crippen LogP contribution in [0.1, 0.15) is 53.9 Å². The molecule has 2 aliphatic rings. The summed E-state index contributed by atoms with van der Waals surface area (Å²) in [7, 11) is 0. The van der Waals surface area contributed by atoms with Crippen LogP contribution in [-0.2, 0) is 4.79 Å². The summed E-state index contributed by atoms with van der Waals surface area (Å²) in [4.78, 5) is 16.6. The number of nitrogens with zero attached hydrogens (tertiary/aromatic N) is 2. The normalized spacial score (nSPS) is 21.5. The molecule has 3 nitrogen and oxygen atoms in total. The van der Waals surface area contributed by atoms with Crippen LogP contribution in [-0.4, -0.2) is 48.4 Å². The van der Waals surface area contributed by atoms with Crippen molar-refractivity contribution in [1.82, 2.24) is 9.80 Å². The highest BCUT2D eigenvalue weighted by atomic mass is 16.2. The minimum absolute atomic E-state index is 0.192. The predicted molar refractivity (Wildman–Crippen MR) is 88.9 cm³/mol. The lowest BCUT2D eigenvalue weighted by molar-refractivity contribution is -0.150. The van der Waals surface area contributed by atoms with E-state index in [1.807, 2.05) is 27.7 Å². The van der Waals surface area contributed by atoms with E-state index in [1.165, 1.54) is 12.8 Å². The Kier molecular flexibility index (Phi) is 7.25. The monoisotopic (exact) mass is 292 g/mol. The molecule has 0 aliphatic carbocycles. The van der Waals surface area contributed by atoms with Gasteiger partial charge in [0.15, 0.2) is 0 Å². The molecule has 0 radical (unpaired) electrons. The van der Waals surface area contributed by atoms with E-state index in [1.54, 1.807) is 0 Å². The van der Waals surface area contributed by atoms with Gasteiger partial charge < -0.3 is 4.90 Å². The Morgan fingerprint density at radius 1 is 1.24 bits per heavy atom.